The third kappa shape index (κ3) is 4.93. The third-order valence-corrected chi connectivity index (χ3v) is 6.92. The number of likely N-dealkylation sites (tertiary alicyclic amines) is 1. The van der Waals surface area contributed by atoms with Crippen LogP contribution in [0.2, 0.25) is 0 Å². The van der Waals surface area contributed by atoms with Gasteiger partial charge in [-0.3, -0.25) is 4.98 Å². The van der Waals surface area contributed by atoms with Crippen LogP contribution in [0.4, 0.5) is 11.5 Å². The van der Waals surface area contributed by atoms with Crippen LogP contribution in [-0.4, -0.2) is 53.6 Å². The second kappa shape index (κ2) is 10.3. The normalized spacial score (nSPS) is 20.1. The maximum absolute atomic E-state index is 4.65. The van der Waals surface area contributed by atoms with E-state index in [9.17, 15) is 0 Å². The molecule has 2 fully saturated rings. The Bertz CT molecular complexity index is 848. The molecule has 5 nitrogen and oxygen atoms in total. The summed E-state index contributed by atoms with van der Waals surface area (Å²) in [5.41, 5.74) is 4.28. The molecule has 4 heterocycles. The summed E-state index contributed by atoms with van der Waals surface area (Å²) < 4.78 is 0. The summed E-state index contributed by atoms with van der Waals surface area (Å²) >= 11 is 0. The topological polar surface area (TPSA) is 44.3 Å². The summed E-state index contributed by atoms with van der Waals surface area (Å²) in [5, 5.41) is 3.65. The number of para-hydroxylation sites is 1. The van der Waals surface area contributed by atoms with Crippen LogP contribution in [0.15, 0.2) is 49.3 Å². The first-order valence-electron chi connectivity index (χ1n) is 11.3. The van der Waals surface area contributed by atoms with Crippen molar-refractivity contribution in [1.29, 1.82) is 0 Å². The number of rotatable bonds is 2. The maximum Gasteiger partial charge on any atom is 0.147 e. The first-order valence-corrected chi connectivity index (χ1v) is 11.3. The Morgan fingerprint density at radius 1 is 1.10 bits per heavy atom. The first-order chi connectivity index (χ1) is 14.6. The minimum Gasteiger partial charge on any atom is -0.384 e. The van der Waals surface area contributed by atoms with Crippen LogP contribution in [0, 0.1) is 6.92 Å². The van der Waals surface area contributed by atoms with Gasteiger partial charge in [-0.05, 0) is 64.3 Å². The van der Waals surface area contributed by atoms with Crippen molar-refractivity contribution < 1.29 is 0 Å². The number of nitrogens with zero attached hydrogens (tertiary/aromatic N) is 4. The number of aryl methyl sites for hydroxylation is 1. The van der Waals surface area contributed by atoms with Crippen molar-refractivity contribution in [2.45, 2.75) is 58.4 Å². The summed E-state index contributed by atoms with van der Waals surface area (Å²) in [6.07, 6.45) is 10.5. The van der Waals surface area contributed by atoms with Gasteiger partial charge in [-0.25, -0.2) is 4.98 Å². The molecular weight excluding hydrogens is 382 g/mol. The predicted octanol–water partition coefficient (Wildman–Crippen LogP) is 5.04. The third-order valence-electron chi connectivity index (χ3n) is 6.92. The Morgan fingerprint density at radius 2 is 1.77 bits per heavy atom. The monoisotopic (exact) mass is 421 g/mol. The Morgan fingerprint density at radius 3 is 2.45 bits per heavy atom. The number of fused-ring (bicyclic) bond motifs is 2. The van der Waals surface area contributed by atoms with Gasteiger partial charge in [0, 0.05) is 43.0 Å². The molecule has 0 aliphatic carbocycles. The lowest BCUT2D eigenvalue weighted by Gasteiger charge is -2.45. The fourth-order valence-electron chi connectivity index (χ4n) is 5.29. The molecule has 5 rings (SSSR count). The highest BCUT2D eigenvalue weighted by molar-refractivity contribution is 5.60. The zero-order valence-electron chi connectivity index (χ0n) is 18.5. The van der Waals surface area contributed by atoms with E-state index in [1.165, 1.54) is 44.5 Å². The van der Waals surface area contributed by atoms with Crippen LogP contribution in [-0.2, 0) is 5.41 Å². The number of benzene rings is 1. The molecule has 2 aromatic rings. The molecule has 3 aliphatic rings. The molecule has 5 heteroatoms. The molecule has 3 aliphatic heterocycles. The number of nitrogens with one attached hydrogen (secondary N) is 1. The van der Waals surface area contributed by atoms with Crippen molar-refractivity contribution in [2.24, 2.45) is 0 Å². The van der Waals surface area contributed by atoms with E-state index in [-0.39, 0.29) is 7.43 Å². The minimum atomic E-state index is 0. The van der Waals surface area contributed by atoms with Crippen molar-refractivity contribution in [3.8, 4) is 0 Å². The van der Waals surface area contributed by atoms with Gasteiger partial charge >= 0.3 is 0 Å². The number of aromatic nitrogens is 2. The number of anilines is 2. The molecule has 0 bridgehead atoms. The molecule has 1 N–H and O–H groups in total. The molecular formula is C26H39N5. The maximum atomic E-state index is 4.65. The highest BCUT2D eigenvalue weighted by Gasteiger charge is 2.42. The van der Waals surface area contributed by atoms with E-state index in [0.717, 1.165) is 37.2 Å². The van der Waals surface area contributed by atoms with Crippen LogP contribution in [0.3, 0.4) is 0 Å². The lowest BCUT2D eigenvalue weighted by atomic mass is 9.74. The molecule has 1 spiro atoms. The summed E-state index contributed by atoms with van der Waals surface area (Å²) in [5.74, 6) is 1.04. The number of hydrogen-bond donors (Lipinski definition) is 1. The largest absolute Gasteiger partial charge is 0.384 e. The van der Waals surface area contributed by atoms with Gasteiger partial charge in [0.2, 0.25) is 0 Å². The average molecular weight is 422 g/mol. The summed E-state index contributed by atoms with van der Waals surface area (Å²) in [6, 6.07) is 9.64. The van der Waals surface area contributed by atoms with Crippen LogP contribution in [0.1, 0.15) is 51.3 Å². The highest BCUT2D eigenvalue weighted by atomic mass is 15.2. The smallest absolute Gasteiger partial charge is 0.147 e. The van der Waals surface area contributed by atoms with Crippen LogP contribution in [0.25, 0.3) is 0 Å². The second-order valence-corrected chi connectivity index (χ2v) is 8.86. The van der Waals surface area contributed by atoms with E-state index < -0.39 is 0 Å². The fourth-order valence-corrected chi connectivity index (χ4v) is 5.29. The van der Waals surface area contributed by atoms with Gasteiger partial charge in [0.05, 0.1) is 11.9 Å². The quantitative estimate of drug-likeness (QED) is 0.688. The molecule has 0 atom stereocenters. The molecule has 0 radical (unpaired) electrons. The van der Waals surface area contributed by atoms with Gasteiger partial charge in [0.25, 0.3) is 0 Å². The van der Waals surface area contributed by atoms with Crippen molar-refractivity contribution in [1.82, 2.24) is 14.9 Å². The number of piperidine rings is 2. The van der Waals surface area contributed by atoms with Crippen molar-refractivity contribution in [3.63, 3.8) is 0 Å². The Hall–Kier alpha value is -2.40. The molecule has 0 saturated carbocycles. The first kappa shape index (κ1) is 23.3. The van der Waals surface area contributed by atoms with Crippen molar-refractivity contribution >= 4 is 11.5 Å². The second-order valence-electron chi connectivity index (χ2n) is 8.86. The molecule has 0 amide bonds. The van der Waals surface area contributed by atoms with E-state index in [0.29, 0.717) is 5.41 Å². The van der Waals surface area contributed by atoms with Gasteiger partial charge in [-0.2, -0.15) is 0 Å². The summed E-state index contributed by atoms with van der Waals surface area (Å²) in [6.45, 7) is 13.0. The summed E-state index contributed by atoms with van der Waals surface area (Å²) in [7, 11) is 0. The number of hydrogen-bond acceptors (Lipinski definition) is 5. The molecule has 2 saturated heterocycles. The lowest BCUT2D eigenvalue weighted by Crippen LogP contribution is -2.51. The molecule has 31 heavy (non-hydrogen) atoms. The molecule has 168 valence electrons. The highest BCUT2D eigenvalue weighted by Crippen LogP contribution is 2.44. The van der Waals surface area contributed by atoms with E-state index in [1.807, 2.05) is 26.2 Å². The van der Waals surface area contributed by atoms with Gasteiger partial charge in [-0.1, -0.05) is 31.7 Å². The molecule has 0 unspecified atom stereocenters. The standard InChI is InChI=1S/C22H29N5.C3H6.CH4/c1-17-14-23-15-21(25-17)27-10-6-18(7-11-27)26-12-8-22(9-13-26)16-24-20-5-3-2-4-19(20)22;1-3-2;/h2-5,14-15,18,24H,6-13,16H2,1H3;3H,1H2,2H3;1H4. The van der Waals surface area contributed by atoms with Gasteiger partial charge in [0.1, 0.15) is 5.82 Å². The van der Waals surface area contributed by atoms with Crippen LogP contribution >= 0.6 is 0 Å². The predicted molar refractivity (Wildman–Crippen MR) is 132 cm³/mol. The van der Waals surface area contributed by atoms with E-state index in [1.54, 1.807) is 11.6 Å². The van der Waals surface area contributed by atoms with E-state index >= 15 is 0 Å². The Labute approximate surface area is 188 Å². The zero-order chi connectivity index (χ0) is 21.0. The minimum absolute atomic E-state index is 0. The number of allylic oxidation sites excluding steroid dienone is 1. The van der Waals surface area contributed by atoms with Crippen LogP contribution < -0.4 is 10.2 Å². The van der Waals surface area contributed by atoms with Gasteiger partial charge < -0.3 is 15.1 Å². The fraction of sp³-hybridized carbons (Fsp3) is 0.538. The van der Waals surface area contributed by atoms with Gasteiger partial charge in [-0.15, -0.1) is 6.58 Å². The Kier molecular flexibility index (Phi) is 7.71. The van der Waals surface area contributed by atoms with Gasteiger partial charge in [0.15, 0.2) is 0 Å². The molecule has 1 aromatic heterocycles. The van der Waals surface area contributed by atoms with E-state index in [4.69, 9.17) is 0 Å². The molecule has 1 aromatic carbocycles. The van der Waals surface area contributed by atoms with Crippen molar-refractivity contribution in [2.75, 3.05) is 42.9 Å². The average Bonchev–Trinajstić information content (AvgIpc) is 3.13. The zero-order valence-corrected chi connectivity index (χ0v) is 18.5. The van der Waals surface area contributed by atoms with Crippen molar-refractivity contribution in [3.05, 3.63) is 60.6 Å². The van der Waals surface area contributed by atoms with E-state index in [2.05, 4.69) is 55.9 Å². The van der Waals surface area contributed by atoms with Crippen LogP contribution in [0.5, 0.6) is 0 Å². The SMILES string of the molecule is C.C=CC.Cc1cncc(N2CCC(N3CCC4(CC3)CNc3ccccc34)CC2)n1. The summed E-state index contributed by atoms with van der Waals surface area (Å²) in [4.78, 5) is 14.1. The lowest BCUT2D eigenvalue weighted by molar-refractivity contribution is 0.106. The Balaban J connectivity index is 0.000000645.